The van der Waals surface area contributed by atoms with Crippen LogP contribution in [0.3, 0.4) is 0 Å². The highest BCUT2D eigenvalue weighted by molar-refractivity contribution is 7.90. The molecule has 0 aromatic heterocycles. The summed E-state index contributed by atoms with van der Waals surface area (Å²) in [5.41, 5.74) is 0.415. The van der Waals surface area contributed by atoms with Crippen molar-refractivity contribution in [1.82, 2.24) is 0 Å². The van der Waals surface area contributed by atoms with E-state index in [4.69, 9.17) is 23.2 Å². The minimum absolute atomic E-state index is 0.217. The Morgan fingerprint density at radius 1 is 1.35 bits per heavy atom. The van der Waals surface area contributed by atoms with E-state index in [1.165, 1.54) is 12.1 Å². The summed E-state index contributed by atoms with van der Waals surface area (Å²) in [5, 5.41) is 2.74. The molecular formula is C13H15Cl2NO3S. The van der Waals surface area contributed by atoms with Crippen molar-refractivity contribution in [2.24, 2.45) is 5.41 Å². The molecule has 1 atom stereocenters. The van der Waals surface area contributed by atoms with Crippen LogP contribution in [0.4, 0.5) is 5.69 Å². The topological polar surface area (TPSA) is 63.2 Å². The molecule has 1 fully saturated rings. The van der Waals surface area contributed by atoms with Crippen LogP contribution in [0.1, 0.15) is 18.9 Å². The van der Waals surface area contributed by atoms with Gasteiger partial charge in [0.1, 0.15) is 4.33 Å². The van der Waals surface area contributed by atoms with Crippen molar-refractivity contribution in [1.29, 1.82) is 0 Å². The monoisotopic (exact) mass is 335 g/mol. The lowest BCUT2D eigenvalue weighted by atomic mass is 10.1. The van der Waals surface area contributed by atoms with Gasteiger partial charge in [0.25, 0.3) is 0 Å². The Balaban J connectivity index is 2.22. The lowest BCUT2D eigenvalue weighted by molar-refractivity contribution is -0.120. The van der Waals surface area contributed by atoms with Gasteiger partial charge in [-0.1, -0.05) is 0 Å². The van der Waals surface area contributed by atoms with Gasteiger partial charge in [0, 0.05) is 11.9 Å². The van der Waals surface area contributed by atoms with Crippen LogP contribution >= 0.6 is 23.2 Å². The third-order valence-electron chi connectivity index (χ3n) is 3.63. The molecule has 4 nitrogen and oxygen atoms in total. The molecule has 1 aromatic rings. The third kappa shape index (κ3) is 2.67. The fourth-order valence-corrected chi connectivity index (χ4v) is 3.33. The Kier molecular flexibility index (Phi) is 3.60. The predicted octanol–water partition coefficient (Wildman–Crippen LogP) is 2.92. The van der Waals surface area contributed by atoms with Gasteiger partial charge in [-0.05, 0) is 44.0 Å². The van der Waals surface area contributed by atoms with Crippen molar-refractivity contribution in [2.45, 2.75) is 29.5 Å². The summed E-state index contributed by atoms with van der Waals surface area (Å²) < 4.78 is 21.9. The standard InChI is InChI=1S/C13H15Cl2NO3S/c1-8-6-9(20(3,18)19)4-5-10(8)16-11(17)12(2)7-13(12,14)15/h4-6H,7H2,1-3H3,(H,16,17). The largest absolute Gasteiger partial charge is 0.325 e. The summed E-state index contributed by atoms with van der Waals surface area (Å²) in [6.45, 7) is 3.43. The predicted molar refractivity (Wildman–Crippen MR) is 80.1 cm³/mol. The minimum Gasteiger partial charge on any atom is -0.325 e. The van der Waals surface area contributed by atoms with Gasteiger partial charge in [-0.3, -0.25) is 4.79 Å². The normalized spacial score (nSPS) is 24.2. The molecule has 0 spiro atoms. The maximum Gasteiger partial charge on any atom is 0.233 e. The number of hydrogen-bond acceptors (Lipinski definition) is 3. The van der Waals surface area contributed by atoms with Crippen LogP contribution < -0.4 is 5.32 Å². The SMILES string of the molecule is Cc1cc(S(C)(=O)=O)ccc1NC(=O)C1(C)CC1(Cl)Cl. The number of carbonyl (C=O) groups is 1. The number of carbonyl (C=O) groups excluding carboxylic acids is 1. The second-order valence-electron chi connectivity index (χ2n) is 5.42. The number of sulfone groups is 1. The summed E-state index contributed by atoms with van der Waals surface area (Å²) in [6.07, 6.45) is 1.54. The summed E-state index contributed by atoms with van der Waals surface area (Å²) in [5.74, 6) is -0.266. The third-order valence-corrected chi connectivity index (χ3v) is 5.84. The number of amides is 1. The summed E-state index contributed by atoms with van der Waals surface area (Å²) in [6, 6.07) is 4.55. The Morgan fingerprint density at radius 3 is 2.30 bits per heavy atom. The molecule has 1 aromatic carbocycles. The fourth-order valence-electron chi connectivity index (χ4n) is 1.91. The zero-order chi connectivity index (χ0) is 15.3. The smallest absolute Gasteiger partial charge is 0.233 e. The van der Waals surface area contributed by atoms with Crippen LogP contribution in [0, 0.1) is 12.3 Å². The van der Waals surface area contributed by atoms with E-state index in [9.17, 15) is 13.2 Å². The summed E-state index contributed by atoms with van der Waals surface area (Å²) in [7, 11) is -3.26. The molecule has 0 heterocycles. The number of nitrogens with one attached hydrogen (secondary N) is 1. The van der Waals surface area contributed by atoms with Gasteiger partial charge in [-0.25, -0.2) is 8.42 Å². The van der Waals surface area contributed by atoms with Gasteiger partial charge >= 0.3 is 0 Å². The van der Waals surface area contributed by atoms with Crippen molar-refractivity contribution in [2.75, 3.05) is 11.6 Å². The molecule has 1 amide bonds. The number of alkyl halides is 2. The molecular weight excluding hydrogens is 321 g/mol. The zero-order valence-corrected chi connectivity index (χ0v) is 13.7. The van der Waals surface area contributed by atoms with E-state index in [0.29, 0.717) is 17.7 Å². The van der Waals surface area contributed by atoms with Crippen LogP contribution in [-0.2, 0) is 14.6 Å². The number of halogens is 2. The number of hydrogen-bond donors (Lipinski definition) is 1. The van der Waals surface area contributed by atoms with Gasteiger partial charge < -0.3 is 5.32 Å². The molecule has 1 aliphatic carbocycles. The lowest BCUT2D eigenvalue weighted by Crippen LogP contribution is -2.26. The summed E-state index contributed by atoms with van der Waals surface area (Å²) in [4.78, 5) is 12.4. The average molecular weight is 336 g/mol. The van der Waals surface area contributed by atoms with Crippen molar-refractivity contribution < 1.29 is 13.2 Å². The fraction of sp³-hybridized carbons (Fsp3) is 0.462. The Bertz CT molecular complexity index is 685. The van der Waals surface area contributed by atoms with Gasteiger partial charge in [0.2, 0.25) is 5.91 Å². The number of aryl methyl sites for hydroxylation is 1. The van der Waals surface area contributed by atoms with Crippen molar-refractivity contribution >= 4 is 44.6 Å². The number of benzene rings is 1. The van der Waals surface area contributed by atoms with Crippen molar-refractivity contribution in [3.63, 3.8) is 0 Å². The maximum absolute atomic E-state index is 12.1. The highest BCUT2D eigenvalue weighted by atomic mass is 35.5. The molecule has 7 heteroatoms. The zero-order valence-electron chi connectivity index (χ0n) is 11.3. The van der Waals surface area contributed by atoms with Crippen LogP contribution in [0.25, 0.3) is 0 Å². The second-order valence-corrected chi connectivity index (χ2v) is 8.92. The van der Waals surface area contributed by atoms with E-state index >= 15 is 0 Å². The van der Waals surface area contributed by atoms with Crippen LogP contribution in [0.2, 0.25) is 0 Å². The van der Waals surface area contributed by atoms with Gasteiger partial charge in [-0.2, -0.15) is 0 Å². The maximum atomic E-state index is 12.1. The quantitative estimate of drug-likeness (QED) is 0.863. The Morgan fingerprint density at radius 2 is 1.90 bits per heavy atom. The van der Waals surface area contributed by atoms with E-state index < -0.39 is 19.6 Å². The molecule has 1 saturated carbocycles. The first-order valence-corrected chi connectivity index (χ1v) is 8.62. The van der Waals surface area contributed by atoms with E-state index in [0.717, 1.165) is 6.26 Å². The molecule has 1 aliphatic rings. The van der Waals surface area contributed by atoms with Gasteiger partial charge in [0.05, 0.1) is 10.3 Å². The van der Waals surface area contributed by atoms with Crippen LogP contribution in [0.15, 0.2) is 23.1 Å². The lowest BCUT2D eigenvalue weighted by Gasteiger charge is -2.14. The second kappa shape index (κ2) is 4.61. The molecule has 1 N–H and O–H groups in total. The minimum atomic E-state index is -3.26. The highest BCUT2D eigenvalue weighted by Gasteiger charge is 2.67. The Hall–Kier alpha value is -0.780. The van der Waals surface area contributed by atoms with Crippen LogP contribution in [-0.4, -0.2) is 24.9 Å². The van der Waals surface area contributed by atoms with Crippen molar-refractivity contribution in [3.05, 3.63) is 23.8 Å². The average Bonchev–Trinajstić information content (AvgIpc) is 2.81. The first-order chi connectivity index (χ1) is 8.97. The molecule has 0 aliphatic heterocycles. The Labute approximate surface area is 128 Å². The van der Waals surface area contributed by atoms with Crippen molar-refractivity contribution in [3.8, 4) is 0 Å². The molecule has 0 saturated heterocycles. The molecule has 2 rings (SSSR count). The van der Waals surface area contributed by atoms with E-state index in [2.05, 4.69) is 5.32 Å². The van der Waals surface area contributed by atoms with E-state index in [-0.39, 0.29) is 10.8 Å². The number of rotatable bonds is 3. The first kappa shape index (κ1) is 15.6. The highest BCUT2D eigenvalue weighted by Crippen LogP contribution is 2.64. The van der Waals surface area contributed by atoms with Gasteiger partial charge in [0.15, 0.2) is 9.84 Å². The van der Waals surface area contributed by atoms with E-state index in [1.807, 2.05) is 0 Å². The molecule has 20 heavy (non-hydrogen) atoms. The van der Waals surface area contributed by atoms with Gasteiger partial charge in [-0.15, -0.1) is 23.2 Å². The summed E-state index contributed by atoms with van der Waals surface area (Å²) >= 11 is 11.9. The molecule has 110 valence electrons. The van der Waals surface area contributed by atoms with E-state index in [1.54, 1.807) is 19.9 Å². The first-order valence-electron chi connectivity index (χ1n) is 5.97. The number of anilines is 1. The molecule has 1 unspecified atom stereocenters. The molecule has 0 radical (unpaired) electrons. The van der Waals surface area contributed by atoms with Crippen LogP contribution in [0.5, 0.6) is 0 Å². The molecule has 0 bridgehead atoms.